The van der Waals surface area contributed by atoms with Crippen molar-refractivity contribution < 1.29 is 4.74 Å². The summed E-state index contributed by atoms with van der Waals surface area (Å²) in [5.74, 6) is 0.960. The number of anilines is 1. The van der Waals surface area contributed by atoms with Gasteiger partial charge in [0.2, 0.25) is 0 Å². The molecular weight excluding hydrogens is 248 g/mol. The van der Waals surface area contributed by atoms with E-state index in [1.807, 2.05) is 0 Å². The van der Waals surface area contributed by atoms with E-state index in [0.717, 1.165) is 5.75 Å². The predicted molar refractivity (Wildman–Crippen MR) is 83.7 cm³/mol. The second-order valence-corrected chi connectivity index (χ2v) is 6.26. The fourth-order valence-electron chi connectivity index (χ4n) is 4.06. The molecule has 3 rings (SSSR count). The van der Waals surface area contributed by atoms with Crippen LogP contribution in [0.15, 0.2) is 18.2 Å². The highest BCUT2D eigenvalue weighted by Gasteiger charge is 2.38. The molecule has 0 radical (unpaired) electrons. The molecule has 0 aromatic heterocycles. The van der Waals surface area contributed by atoms with Crippen LogP contribution in [-0.2, 0) is 0 Å². The van der Waals surface area contributed by atoms with Crippen LogP contribution in [0.5, 0.6) is 5.75 Å². The Morgan fingerprint density at radius 1 is 1.20 bits per heavy atom. The Kier molecular flexibility index (Phi) is 3.88. The number of hydrogen-bond acceptors (Lipinski definition) is 3. The van der Waals surface area contributed by atoms with E-state index in [1.54, 1.807) is 7.11 Å². The van der Waals surface area contributed by atoms with Crippen molar-refractivity contribution in [1.82, 2.24) is 5.32 Å². The molecule has 2 atom stereocenters. The Balaban J connectivity index is 1.89. The molecular formula is C17H26N2O. The van der Waals surface area contributed by atoms with Gasteiger partial charge in [0.15, 0.2) is 0 Å². The van der Waals surface area contributed by atoms with Crippen LogP contribution in [0.4, 0.5) is 5.69 Å². The molecule has 20 heavy (non-hydrogen) atoms. The number of hydrogen-bond donors (Lipinski definition) is 1. The zero-order valence-corrected chi connectivity index (χ0v) is 12.9. The van der Waals surface area contributed by atoms with Crippen molar-refractivity contribution in [2.75, 3.05) is 19.1 Å². The molecule has 0 amide bonds. The molecule has 1 aromatic rings. The van der Waals surface area contributed by atoms with Crippen LogP contribution in [0.3, 0.4) is 0 Å². The van der Waals surface area contributed by atoms with Gasteiger partial charge in [-0.25, -0.2) is 0 Å². The summed E-state index contributed by atoms with van der Waals surface area (Å²) in [7, 11) is 3.84. The number of fused-ring (bicyclic) bond motifs is 2. The predicted octanol–water partition coefficient (Wildman–Crippen LogP) is 3.11. The molecule has 2 unspecified atom stereocenters. The first-order valence-corrected chi connectivity index (χ1v) is 7.83. The van der Waals surface area contributed by atoms with E-state index in [9.17, 15) is 0 Å². The zero-order valence-electron chi connectivity index (χ0n) is 12.9. The third kappa shape index (κ3) is 2.39. The average Bonchev–Trinajstić information content (AvgIpc) is 2.46. The minimum absolute atomic E-state index is 0.695. The molecule has 3 nitrogen and oxygen atoms in total. The van der Waals surface area contributed by atoms with E-state index >= 15 is 0 Å². The number of methoxy groups -OCH3 is 1. The minimum atomic E-state index is 0.695. The molecule has 2 aliphatic heterocycles. The molecule has 110 valence electrons. The number of nitrogens with one attached hydrogen (secondary N) is 1. The second kappa shape index (κ2) is 5.65. The van der Waals surface area contributed by atoms with Gasteiger partial charge in [-0.05, 0) is 69.8 Å². The van der Waals surface area contributed by atoms with E-state index in [2.05, 4.69) is 42.4 Å². The number of nitrogens with zero attached hydrogens (tertiary/aromatic N) is 1. The fraction of sp³-hybridized carbons (Fsp3) is 0.647. The van der Waals surface area contributed by atoms with Crippen molar-refractivity contribution in [1.29, 1.82) is 0 Å². The maximum Gasteiger partial charge on any atom is 0.119 e. The molecule has 2 fully saturated rings. The highest BCUT2D eigenvalue weighted by atomic mass is 16.5. The lowest BCUT2D eigenvalue weighted by molar-refractivity contribution is 0.252. The molecule has 3 heteroatoms. The van der Waals surface area contributed by atoms with E-state index in [-0.39, 0.29) is 0 Å². The maximum atomic E-state index is 5.34. The topological polar surface area (TPSA) is 24.5 Å². The molecule has 1 aromatic carbocycles. The first-order valence-electron chi connectivity index (χ1n) is 7.83. The Bertz CT molecular complexity index is 460. The van der Waals surface area contributed by atoms with Gasteiger partial charge in [0.25, 0.3) is 0 Å². The van der Waals surface area contributed by atoms with Crippen molar-refractivity contribution >= 4 is 5.69 Å². The number of rotatable bonds is 3. The van der Waals surface area contributed by atoms with Gasteiger partial charge < -0.3 is 15.0 Å². The number of benzene rings is 1. The molecule has 0 saturated carbocycles. The monoisotopic (exact) mass is 274 g/mol. The summed E-state index contributed by atoms with van der Waals surface area (Å²) in [6.07, 6.45) is 6.61. The standard InChI is InChI=1S/C17H26N2O/c1-12-9-16(20-3)7-8-17(12)19-14-5-4-6-15(19)11-13(10-14)18-2/h7-9,13-15,18H,4-6,10-11H2,1-3H3. The number of aryl methyl sites for hydroxylation is 1. The Hall–Kier alpha value is -1.22. The van der Waals surface area contributed by atoms with E-state index in [4.69, 9.17) is 4.74 Å². The largest absolute Gasteiger partial charge is 0.497 e. The van der Waals surface area contributed by atoms with E-state index in [1.165, 1.54) is 43.4 Å². The zero-order chi connectivity index (χ0) is 14.1. The van der Waals surface area contributed by atoms with Crippen LogP contribution >= 0.6 is 0 Å². The lowest BCUT2D eigenvalue weighted by Crippen LogP contribution is -2.56. The molecule has 0 aliphatic carbocycles. The highest BCUT2D eigenvalue weighted by Crippen LogP contribution is 2.39. The summed E-state index contributed by atoms with van der Waals surface area (Å²) in [6.45, 7) is 2.21. The van der Waals surface area contributed by atoms with Crippen LogP contribution in [0.2, 0.25) is 0 Å². The Morgan fingerprint density at radius 2 is 1.90 bits per heavy atom. The van der Waals surface area contributed by atoms with Crippen molar-refractivity contribution in [3.8, 4) is 5.75 Å². The van der Waals surface area contributed by atoms with Crippen LogP contribution in [0.1, 0.15) is 37.7 Å². The van der Waals surface area contributed by atoms with Gasteiger partial charge in [0.05, 0.1) is 7.11 Å². The van der Waals surface area contributed by atoms with Crippen molar-refractivity contribution in [2.45, 2.75) is 57.2 Å². The number of ether oxygens (including phenoxy) is 1. The van der Waals surface area contributed by atoms with Crippen LogP contribution in [-0.4, -0.2) is 32.3 Å². The van der Waals surface area contributed by atoms with Gasteiger partial charge in [0.1, 0.15) is 5.75 Å². The van der Waals surface area contributed by atoms with Gasteiger partial charge in [-0.2, -0.15) is 0 Å². The summed E-state index contributed by atoms with van der Waals surface area (Å²) in [6, 6.07) is 8.61. The van der Waals surface area contributed by atoms with E-state index < -0.39 is 0 Å². The van der Waals surface area contributed by atoms with Crippen molar-refractivity contribution in [2.24, 2.45) is 0 Å². The van der Waals surface area contributed by atoms with Crippen molar-refractivity contribution in [3.63, 3.8) is 0 Å². The summed E-state index contributed by atoms with van der Waals surface area (Å²) in [5, 5.41) is 3.49. The second-order valence-electron chi connectivity index (χ2n) is 6.26. The normalized spacial score (nSPS) is 29.4. The van der Waals surface area contributed by atoms with Crippen LogP contribution in [0, 0.1) is 6.92 Å². The molecule has 2 aliphatic rings. The van der Waals surface area contributed by atoms with E-state index in [0.29, 0.717) is 18.1 Å². The number of piperidine rings is 2. The lowest BCUT2D eigenvalue weighted by atomic mass is 9.81. The third-order valence-corrected chi connectivity index (χ3v) is 5.07. The summed E-state index contributed by atoms with van der Waals surface area (Å²) in [5.41, 5.74) is 2.75. The Morgan fingerprint density at radius 3 is 2.45 bits per heavy atom. The van der Waals surface area contributed by atoms with Crippen LogP contribution in [0.25, 0.3) is 0 Å². The van der Waals surface area contributed by atoms with Gasteiger partial charge in [-0.15, -0.1) is 0 Å². The first kappa shape index (κ1) is 13.7. The van der Waals surface area contributed by atoms with Gasteiger partial charge in [-0.3, -0.25) is 0 Å². The smallest absolute Gasteiger partial charge is 0.119 e. The quantitative estimate of drug-likeness (QED) is 0.916. The van der Waals surface area contributed by atoms with Gasteiger partial charge >= 0.3 is 0 Å². The summed E-state index contributed by atoms with van der Waals surface area (Å²) in [4.78, 5) is 2.70. The van der Waals surface area contributed by atoms with Crippen molar-refractivity contribution in [3.05, 3.63) is 23.8 Å². The molecule has 2 bridgehead atoms. The minimum Gasteiger partial charge on any atom is -0.497 e. The molecule has 0 spiro atoms. The molecule has 1 N–H and O–H groups in total. The summed E-state index contributed by atoms with van der Waals surface area (Å²) >= 11 is 0. The molecule has 2 heterocycles. The van der Waals surface area contributed by atoms with Gasteiger partial charge in [0, 0.05) is 23.8 Å². The highest BCUT2D eigenvalue weighted by molar-refractivity contribution is 5.58. The lowest BCUT2D eigenvalue weighted by Gasteiger charge is -2.50. The summed E-state index contributed by atoms with van der Waals surface area (Å²) < 4.78 is 5.34. The third-order valence-electron chi connectivity index (χ3n) is 5.07. The molecule has 2 saturated heterocycles. The average molecular weight is 274 g/mol. The Labute approximate surface area is 122 Å². The maximum absolute atomic E-state index is 5.34. The van der Waals surface area contributed by atoms with Crippen LogP contribution < -0.4 is 15.0 Å². The van der Waals surface area contributed by atoms with Gasteiger partial charge in [-0.1, -0.05) is 0 Å². The first-order chi connectivity index (χ1) is 9.72. The fourth-order valence-corrected chi connectivity index (χ4v) is 4.06. The SMILES string of the molecule is CNC1CC2CCCC(C1)N2c1ccc(OC)cc1C.